The van der Waals surface area contributed by atoms with Gasteiger partial charge in [0, 0.05) is 14.9 Å². The van der Waals surface area contributed by atoms with E-state index in [1.807, 2.05) is 42.5 Å². The Labute approximate surface area is 154 Å². The Bertz CT molecular complexity index is 810. The minimum atomic E-state index is 0.823. The molecule has 0 aliphatic rings. The fraction of sp³-hybridized carbons (Fsp3) is 0.158. The molecule has 0 aliphatic heterocycles. The topological polar surface area (TPSA) is 37.3 Å². The Morgan fingerprint density at radius 3 is 2.58 bits per heavy atom. The third kappa shape index (κ3) is 4.30. The quantitative estimate of drug-likeness (QED) is 0.409. The summed E-state index contributed by atoms with van der Waals surface area (Å²) in [5.41, 5.74) is 6.30. The van der Waals surface area contributed by atoms with Gasteiger partial charge in [0.25, 0.3) is 0 Å². The number of thiazole rings is 1. The van der Waals surface area contributed by atoms with Crippen molar-refractivity contribution in [3.05, 3.63) is 69.5 Å². The number of rotatable bonds is 6. The van der Waals surface area contributed by atoms with Crippen LogP contribution in [0.5, 0.6) is 0 Å². The van der Waals surface area contributed by atoms with Crippen LogP contribution in [0.2, 0.25) is 0 Å². The van der Waals surface area contributed by atoms with Crippen molar-refractivity contribution < 1.29 is 0 Å². The van der Waals surface area contributed by atoms with E-state index in [1.54, 1.807) is 17.6 Å². The molecule has 3 nitrogen and oxygen atoms in total. The van der Waals surface area contributed by atoms with E-state index < -0.39 is 0 Å². The van der Waals surface area contributed by atoms with E-state index in [2.05, 4.69) is 45.5 Å². The van der Waals surface area contributed by atoms with Crippen molar-refractivity contribution in [3.63, 3.8) is 0 Å². The molecule has 0 bridgehead atoms. The molecule has 1 aromatic heterocycles. The third-order valence-electron chi connectivity index (χ3n) is 3.47. The first-order valence-corrected chi connectivity index (χ1v) is 9.47. The molecular weight excluding hydrogens is 382 g/mol. The molecule has 5 heteroatoms. The van der Waals surface area contributed by atoms with Crippen LogP contribution >= 0.6 is 27.3 Å². The van der Waals surface area contributed by atoms with Crippen molar-refractivity contribution in [2.24, 2.45) is 5.10 Å². The van der Waals surface area contributed by atoms with Crippen LogP contribution in [0.1, 0.15) is 23.8 Å². The van der Waals surface area contributed by atoms with Gasteiger partial charge in [-0.2, -0.15) is 5.10 Å². The summed E-state index contributed by atoms with van der Waals surface area (Å²) in [6.45, 7) is 2.19. The van der Waals surface area contributed by atoms with Gasteiger partial charge in [0.1, 0.15) is 0 Å². The normalized spacial score (nSPS) is 11.1. The SMILES string of the molecule is CCCc1sc(N/N=C\c2ccccc2)nc1-c1ccc(Br)cc1. The number of benzene rings is 2. The fourth-order valence-electron chi connectivity index (χ4n) is 2.33. The van der Waals surface area contributed by atoms with Crippen LogP contribution in [0.15, 0.2) is 64.2 Å². The van der Waals surface area contributed by atoms with Crippen LogP contribution in [0.3, 0.4) is 0 Å². The van der Waals surface area contributed by atoms with Crippen LogP contribution in [0, 0.1) is 0 Å². The second kappa shape index (κ2) is 8.22. The number of aromatic nitrogens is 1. The van der Waals surface area contributed by atoms with Gasteiger partial charge in [0.15, 0.2) is 0 Å². The molecule has 0 saturated carbocycles. The Balaban J connectivity index is 1.80. The summed E-state index contributed by atoms with van der Waals surface area (Å²) in [5.74, 6) is 0. The first kappa shape index (κ1) is 16.9. The first-order chi connectivity index (χ1) is 11.8. The molecule has 0 radical (unpaired) electrons. The lowest BCUT2D eigenvalue weighted by Crippen LogP contribution is -1.90. The Morgan fingerprint density at radius 1 is 1.12 bits per heavy atom. The second-order valence-corrected chi connectivity index (χ2v) is 7.33. The first-order valence-electron chi connectivity index (χ1n) is 7.86. The number of anilines is 1. The number of hydrazone groups is 1. The molecule has 0 atom stereocenters. The van der Waals surface area contributed by atoms with E-state index >= 15 is 0 Å². The molecule has 0 aliphatic carbocycles. The van der Waals surface area contributed by atoms with Gasteiger partial charge in [-0.3, -0.25) is 5.43 Å². The largest absolute Gasteiger partial charge is 0.253 e. The summed E-state index contributed by atoms with van der Waals surface area (Å²) in [6.07, 6.45) is 3.92. The maximum atomic E-state index is 4.74. The molecule has 3 rings (SSSR count). The molecule has 0 fully saturated rings. The van der Waals surface area contributed by atoms with E-state index in [-0.39, 0.29) is 0 Å². The standard InChI is InChI=1S/C19H18BrN3S/c1-2-6-17-18(15-9-11-16(20)12-10-15)22-19(24-17)23-21-13-14-7-4-3-5-8-14/h3-5,7-13H,2,6H2,1H3,(H,22,23)/b21-13-. The smallest absolute Gasteiger partial charge is 0.204 e. The van der Waals surface area contributed by atoms with Gasteiger partial charge >= 0.3 is 0 Å². The van der Waals surface area contributed by atoms with Gasteiger partial charge in [-0.05, 0) is 24.1 Å². The van der Waals surface area contributed by atoms with Crippen LogP contribution in [-0.2, 0) is 6.42 Å². The molecule has 0 amide bonds. The zero-order chi connectivity index (χ0) is 16.8. The Kier molecular flexibility index (Phi) is 5.77. The van der Waals surface area contributed by atoms with Crippen LogP contribution in [0.4, 0.5) is 5.13 Å². The lowest BCUT2D eigenvalue weighted by molar-refractivity contribution is 0.938. The lowest BCUT2D eigenvalue weighted by atomic mass is 10.1. The summed E-state index contributed by atoms with van der Waals surface area (Å²) in [7, 11) is 0. The highest BCUT2D eigenvalue weighted by Crippen LogP contribution is 2.32. The van der Waals surface area contributed by atoms with Crippen molar-refractivity contribution >= 4 is 38.6 Å². The molecule has 24 heavy (non-hydrogen) atoms. The fourth-order valence-corrected chi connectivity index (χ4v) is 3.63. The molecule has 0 spiro atoms. The number of aryl methyl sites for hydroxylation is 1. The summed E-state index contributed by atoms with van der Waals surface area (Å²) in [4.78, 5) is 6.03. The molecular formula is C19H18BrN3S. The number of hydrogen-bond acceptors (Lipinski definition) is 4. The zero-order valence-corrected chi connectivity index (χ0v) is 15.8. The van der Waals surface area contributed by atoms with E-state index in [0.717, 1.165) is 39.3 Å². The van der Waals surface area contributed by atoms with E-state index in [4.69, 9.17) is 4.98 Å². The molecule has 1 heterocycles. The average molecular weight is 400 g/mol. The van der Waals surface area contributed by atoms with Gasteiger partial charge in [-0.15, -0.1) is 0 Å². The molecule has 0 saturated heterocycles. The summed E-state index contributed by atoms with van der Waals surface area (Å²) >= 11 is 5.15. The predicted octanol–water partition coefficient (Wildman–Crippen LogP) is 5.97. The summed E-state index contributed by atoms with van der Waals surface area (Å²) in [6, 6.07) is 18.3. The van der Waals surface area contributed by atoms with E-state index in [0.29, 0.717) is 0 Å². The Hall–Kier alpha value is -1.98. The summed E-state index contributed by atoms with van der Waals surface area (Å²) < 4.78 is 1.07. The molecule has 3 aromatic rings. The highest BCUT2D eigenvalue weighted by molar-refractivity contribution is 9.10. The van der Waals surface area contributed by atoms with Crippen molar-refractivity contribution in [2.45, 2.75) is 19.8 Å². The van der Waals surface area contributed by atoms with E-state index in [9.17, 15) is 0 Å². The van der Waals surface area contributed by atoms with Crippen molar-refractivity contribution in [1.82, 2.24) is 4.98 Å². The minimum Gasteiger partial charge on any atom is -0.253 e. The van der Waals surface area contributed by atoms with Crippen molar-refractivity contribution in [1.29, 1.82) is 0 Å². The van der Waals surface area contributed by atoms with Gasteiger partial charge in [-0.1, -0.05) is 83.1 Å². The summed E-state index contributed by atoms with van der Waals surface area (Å²) in [5, 5.41) is 5.12. The maximum absolute atomic E-state index is 4.74. The average Bonchev–Trinajstić information content (AvgIpc) is 3.00. The van der Waals surface area contributed by atoms with Gasteiger partial charge in [0.05, 0.1) is 11.9 Å². The van der Waals surface area contributed by atoms with Gasteiger partial charge in [0.2, 0.25) is 5.13 Å². The predicted molar refractivity (Wildman–Crippen MR) is 107 cm³/mol. The zero-order valence-electron chi connectivity index (χ0n) is 13.4. The minimum absolute atomic E-state index is 0.823. The van der Waals surface area contributed by atoms with Crippen LogP contribution in [-0.4, -0.2) is 11.2 Å². The molecule has 122 valence electrons. The number of nitrogens with zero attached hydrogens (tertiary/aromatic N) is 2. The number of hydrogen-bond donors (Lipinski definition) is 1. The van der Waals surface area contributed by atoms with Crippen molar-refractivity contribution in [2.75, 3.05) is 5.43 Å². The molecule has 0 unspecified atom stereocenters. The lowest BCUT2D eigenvalue weighted by Gasteiger charge is -2.01. The highest BCUT2D eigenvalue weighted by Gasteiger charge is 2.12. The maximum Gasteiger partial charge on any atom is 0.204 e. The molecule has 2 aromatic carbocycles. The van der Waals surface area contributed by atoms with Crippen LogP contribution < -0.4 is 5.43 Å². The molecule has 1 N–H and O–H groups in total. The second-order valence-electron chi connectivity index (χ2n) is 5.33. The highest BCUT2D eigenvalue weighted by atomic mass is 79.9. The number of nitrogens with one attached hydrogen (secondary N) is 1. The van der Waals surface area contributed by atoms with Gasteiger partial charge < -0.3 is 0 Å². The number of halogens is 1. The van der Waals surface area contributed by atoms with E-state index in [1.165, 1.54) is 4.88 Å². The van der Waals surface area contributed by atoms with Gasteiger partial charge in [-0.25, -0.2) is 4.98 Å². The Morgan fingerprint density at radius 2 is 1.88 bits per heavy atom. The third-order valence-corrected chi connectivity index (χ3v) is 5.01. The monoisotopic (exact) mass is 399 g/mol. The van der Waals surface area contributed by atoms with Crippen molar-refractivity contribution in [3.8, 4) is 11.3 Å². The van der Waals surface area contributed by atoms with Crippen LogP contribution in [0.25, 0.3) is 11.3 Å².